The highest BCUT2D eigenvalue weighted by molar-refractivity contribution is 7.59. The minimum absolute atomic E-state index is 0. The molecule has 0 bridgehead atoms. The average Bonchev–Trinajstić information content (AvgIpc) is 3.43. The number of oxazole rings is 1. The van der Waals surface area contributed by atoms with Crippen molar-refractivity contribution in [3.8, 4) is 11.5 Å². The number of nitrogens with zero attached hydrogens (tertiary/aromatic N) is 4. The van der Waals surface area contributed by atoms with Crippen molar-refractivity contribution in [3.05, 3.63) is 65.0 Å². The van der Waals surface area contributed by atoms with E-state index in [1.54, 1.807) is 19.2 Å². The lowest BCUT2D eigenvalue weighted by Crippen LogP contribution is -2.41. The van der Waals surface area contributed by atoms with Gasteiger partial charge in [-0.3, -0.25) is 14.5 Å². The number of carbonyl (C=O) groups is 2. The van der Waals surface area contributed by atoms with Crippen molar-refractivity contribution in [2.24, 2.45) is 0 Å². The quantitative estimate of drug-likeness (QED) is 0.286. The number of likely N-dealkylation sites (tertiary alicyclic amines) is 1. The molecule has 1 saturated heterocycles. The van der Waals surface area contributed by atoms with Gasteiger partial charge >= 0.3 is 0 Å². The number of amides is 1. The molecule has 44 heavy (non-hydrogen) atoms. The number of rotatable bonds is 12. The van der Waals surface area contributed by atoms with Crippen LogP contribution in [0.1, 0.15) is 65.5 Å². The number of β-amino-alcohol motifs (C(OH)–C–C–N with tert-alkyl or cyclic N) is 1. The summed E-state index contributed by atoms with van der Waals surface area (Å²) in [5.74, 6) is 2.55. The number of ketones is 1. The van der Waals surface area contributed by atoms with E-state index in [0.717, 1.165) is 49.6 Å². The normalized spacial score (nSPS) is 16.0. The first-order valence-electron chi connectivity index (χ1n) is 14.9. The third kappa shape index (κ3) is 8.52. The van der Waals surface area contributed by atoms with E-state index in [9.17, 15) is 14.7 Å². The van der Waals surface area contributed by atoms with Crippen molar-refractivity contribution < 1.29 is 28.6 Å². The molecule has 0 radical (unpaired) electrons. The standard InChI is InChI=1S/C32H41N5O6.H2S/c1-21-31(43-20-34-21)19-42-27-6-4-24-17-36(11-8-23(24)14-27)18-26(39)5-7-29(40)28-15-32(33-16-30(28)41-3)35-25-9-12-37(13-10-25)22(2)38;/h4,6,14-16,20,25-26,39H,5,7-13,17-19H2,1-3H3,(H,33,35);1H2/t26-;/m0./s1. The number of fused-ring (bicyclic) bond motifs is 1. The van der Waals surface area contributed by atoms with Crippen molar-refractivity contribution >= 4 is 31.0 Å². The van der Waals surface area contributed by atoms with E-state index in [-0.39, 0.29) is 37.6 Å². The number of ether oxygens (including phenoxy) is 2. The molecule has 238 valence electrons. The lowest BCUT2D eigenvalue weighted by atomic mass is 9.98. The van der Waals surface area contributed by atoms with Gasteiger partial charge in [-0.15, -0.1) is 0 Å². The Labute approximate surface area is 265 Å². The summed E-state index contributed by atoms with van der Waals surface area (Å²) < 4.78 is 16.7. The van der Waals surface area contributed by atoms with Crippen LogP contribution < -0.4 is 14.8 Å². The van der Waals surface area contributed by atoms with Gasteiger partial charge in [0.25, 0.3) is 0 Å². The van der Waals surface area contributed by atoms with Crippen LogP contribution in [-0.2, 0) is 24.4 Å². The second-order valence-electron chi connectivity index (χ2n) is 11.4. The molecule has 1 amide bonds. The number of piperidine rings is 1. The van der Waals surface area contributed by atoms with Crippen LogP contribution in [-0.4, -0.2) is 82.0 Å². The summed E-state index contributed by atoms with van der Waals surface area (Å²) in [4.78, 5) is 37.4. The van der Waals surface area contributed by atoms with E-state index in [0.29, 0.717) is 49.8 Å². The first kappa shape index (κ1) is 33.3. The number of aliphatic hydroxyl groups is 1. The van der Waals surface area contributed by atoms with Crippen LogP contribution in [0.15, 0.2) is 41.3 Å². The molecule has 5 rings (SSSR count). The summed E-state index contributed by atoms with van der Waals surface area (Å²) in [7, 11) is 1.52. The number of pyridine rings is 1. The number of aryl methyl sites for hydroxylation is 1. The minimum atomic E-state index is -0.630. The number of nitrogens with one attached hydrogen (secondary N) is 1. The highest BCUT2D eigenvalue weighted by atomic mass is 32.1. The maximum atomic E-state index is 13.2. The molecule has 4 heterocycles. The molecular formula is C32H43N5O6S. The summed E-state index contributed by atoms with van der Waals surface area (Å²) in [5.41, 5.74) is 3.74. The number of aliphatic hydroxyl groups excluding tert-OH is 1. The van der Waals surface area contributed by atoms with Crippen molar-refractivity contribution in [1.29, 1.82) is 0 Å². The molecule has 12 heteroatoms. The van der Waals surface area contributed by atoms with Crippen molar-refractivity contribution in [1.82, 2.24) is 19.8 Å². The van der Waals surface area contributed by atoms with Gasteiger partial charge < -0.3 is 29.2 Å². The molecule has 1 atom stereocenters. The monoisotopic (exact) mass is 625 g/mol. The molecule has 2 N–H and O–H groups in total. The minimum Gasteiger partial charge on any atom is -0.494 e. The van der Waals surface area contributed by atoms with Crippen LogP contribution in [0, 0.1) is 6.92 Å². The topological polar surface area (TPSA) is 130 Å². The summed E-state index contributed by atoms with van der Waals surface area (Å²) in [6.07, 6.45) is 5.42. The second-order valence-corrected chi connectivity index (χ2v) is 11.4. The number of anilines is 1. The van der Waals surface area contributed by atoms with Crippen molar-refractivity contribution in [2.75, 3.05) is 38.6 Å². The molecule has 1 aromatic carbocycles. The average molecular weight is 626 g/mol. The van der Waals surface area contributed by atoms with Gasteiger partial charge in [-0.05, 0) is 61.9 Å². The number of hydrogen-bond acceptors (Lipinski definition) is 10. The van der Waals surface area contributed by atoms with Gasteiger partial charge in [-0.1, -0.05) is 6.07 Å². The van der Waals surface area contributed by atoms with Crippen LogP contribution in [0.5, 0.6) is 11.5 Å². The fraction of sp³-hybridized carbons (Fsp3) is 0.500. The van der Waals surface area contributed by atoms with Gasteiger partial charge in [0.1, 0.15) is 23.9 Å². The van der Waals surface area contributed by atoms with Crippen LogP contribution in [0.4, 0.5) is 5.82 Å². The Bertz CT molecular complexity index is 1420. The first-order valence-corrected chi connectivity index (χ1v) is 14.9. The molecule has 0 spiro atoms. The zero-order valence-electron chi connectivity index (χ0n) is 25.7. The number of hydrogen-bond donors (Lipinski definition) is 2. The lowest BCUT2D eigenvalue weighted by molar-refractivity contribution is -0.129. The van der Waals surface area contributed by atoms with Crippen LogP contribution in [0.25, 0.3) is 0 Å². The van der Waals surface area contributed by atoms with Gasteiger partial charge in [-0.2, -0.15) is 13.5 Å². The zero-order valence-corrected chi connectivity index (χ0v) is 26.7. The molecule has 11 nitrogen and oxygen atoms in total. The maximum Gasteiger partial charge on any atom is 0.219 e. The molecule has 3 aromatic rings. The Morgan fingerprint density at radius 2 is 1.95 bits per heavy atom. The van der Waals surface area contributed by atoms with E-state index in [1.807, 2.05) is 17.9 Å². The lowest BCUT2D eigenvalue weighted by Gasteiger charge is -2.32. The highest BCUT2D eigenvalue weighted by Crippen LogP contribution is 2.27. The Kier molecular flexibility index (Phi) is 11.7. The largest absolute Gasteiger partial charge is 0.494 e. The summed E-state index contributed by atoms with van der Waals surface area (Å²) >= 11 is 0. The van der Waals surface area contributed by atoms with E-state index in [2.05, 4.69) is 32.3 Å². The number of benzene rings is 1. The van der Waals surface area contributed by atoms with Gasteiger partial charge in [0, 0.05) is 52.1 Å². The predicted octanol–water partition coefficient (Wildman–Crippen LogP) is 3.88. The number of methoxy groups -OCH3 is 1. The van der Waals surface area contributed by atoms with E-state index < -0.39 is 6.10 Å². The van der Waals surface area contributed by atoms with E-state index in [4.69, 9.17) is 13.9 Å². The molecule has 2 aliphatic heterocycles. The number of Topliss-reactive ketones (excluding diaryl/α,β-unsaturated/α-hetero) is 1. The van der Waals surface area contributed by atoms with Crippen molar-refractivity contribution in [2.45, 2.75) is 71.2 Å². The molecule has 1 fully saturated rings. The zero-order chi connectivity index (χ0) is 30.3. The fourth-order valence-electron chi connectivity index (χ4n) is 5.72. The molecule has 2 aliphatic rings. The van der Waals surface area contributed by atoms with Crippen molar-refractivity contribution in [3.63, 3.8) is 0 Å². The summed E-state index contributed by atoms with van der Waals surface area (Å²) in [6, 6.07) is 8.03. The smallest absolute Gasteiger partial charge is 0.219 e. The van der Waals surface area contributed by atoms with Crippen LogP contribution >= 0.6 is 13.5 Å². The Morgan fingerprint density at radius 3 is 2.66 bits per heavy atom. The van der Waals surface area contributed by atoms with Crippen LogP contribution in [0.3, 0.4) is 0 Å². The molecule has 2 aromatic heterocycles. The first-order chi connectivity index (χ1) is 20.8. The highest BCUT2D eigenvalue weighted by Gasteiger charge is 2.23. The van der Waals surface area contributed by atoms with Gasteiger partial charge in [0.2, 0.25) is 5.91 Å². The fourth-order valence-corrected chi connectivity index (χ4v) is 5.72. The van der Waals surface area contributed by atoms with Gasteiger partial charge in [0.05, 0.1) is 30.7 Å². The van der Waals surface area contributed by atoms with Gasteiger partial charge in [-0.25, -0.2) is 9.97 Å². The Balaban J connectivity index is 0.00000442. The second kappa shape index (κ2) is 15.4. The third-order valence-electron chi connectivity index (χ3n) is 8.34. The molecule has 0 unspecified atom stereocenters. The Hall–Kier alpha value is -3.61. The van der Waals surface area contributed by atoms with Crippen LogP contribution in [0.2, 0.25) is 0 Å². The SMILES string of the molecule is COc1cnc(NC2CCN(C(C)=O)CC2)cc1C(=O)CC[C@H](O)CN1CCc2cc(OCc3ocnc3C)ccc2C1.S. The van der Waals surface area contributed by atoms with E-state index in [1.165, 1.54) is 24.6 Å². The maximum absolute atomic E-state index is 13.2. The number of aromatic nitrogens is 2. The molecular weight excluding hydrogens is 582 g/mol. The number of carbonyl (C=O) groups excluding carboxylic acids is 2. The van der Waals surface area contributed by atoms with Gasteiger partial charge in [0.15, 0.2) is 17.9 Å². The predicted molar refractivity (Wildman–Crippen MR) is 171 cm³/mol. The third-order valence-corrected chi connectivity index (χ3v) is 8.34. The summed E-state index contributed by atoms with van der Waals surface area (Å²) in [6.45, 7) is 7.28. The molecule has 0 saturated carbocycles. The molecule has 0 aliphatic carbocycles. The van der Waals surface area contributed by atoms with E-state index >= 15 is 0 Å². The Morgan fingerprint density at radius 1 is 1.16 bits per heavy atom. The summed E-state index contributed by atoms with van der Waals surface area (Å²) in [5, 5.41) is 14.2.